The van der Waals surface area contributed by atoms with Gasteiger partial charge in [-0.15, -0.1) is 0 Å². The molecule has 0 bridgehead atoms. The van der Waals surface area contributed by atoms with Crippen LogP contribution in [-0.4, -0.2) is 4.98 Å². The van der Waals surface area contributed by atoms with Crippen molar-refractivity contribution in [2.24, 2.45) is 5.92 Å². The van der Waals surface area contributed by atoms with Gasteiger partial charge < -0.3 is 4.42 Å². The molecule has 0 amide bonds. The van der Waals surface area contributed by atoms with E-state index < -0.39 is 0 Å². The third kappa shape index (κ3) is 2.39. The lowest BCUT2D eigenvalue weighted by Crippen LogP contribution is -1.94. The Labute approximate surface area is 113 Å². The van der Waals surface area contributed by atoms with Crippen molar-refractivity contribution in [3.8, 4) is 11.3 Å². The minimum atomic E-state index is 0.606. The van der Waals surface area contributed by atoms with Gasteiger partial charge in [-0.1, -0.05) is 55.0 Å². The normalized spacial score (nSPS) is 18.4. The van der Waals surface area contributed by atoms with Crippen molar-refractivity contribution >= 4 is 5.57 Å². The molecule has 0 radical (unpaired) electrons. The fourth-order valence-electron chi connectivity index (χ4n) is 2.26. The maximum Gasteiger partial charge on any atom is 0.182 e. The van der Waals surface area contributed by atoms with E-state index in [0.29, 0.717) is 5.92 Å². The molecule has 19 heavy (non-hydrogen) atoms. The summed E-state index contributed by atoms with van der Waals surface area (Å²) in [5.41, 5.74) is 4.40. The first-order valence-electron chi connectivity index (χ1n) is 6.63. The minimum absolute atomic E-state index is 0.606. The Morgan fingerprint density at radius 2 is 2.00 bits per heavy atom. The van der Waals surface area contributed by atoms with Crippen LogP contribution in [0.5, 0.6) is 0 Å². The SMILES string of the molecule is Cc1ccc(-c2ncoc2C2=CCC(C)C=C2)cc1. The molecule has 1 aliphatic carbocycles. The second-order valence-electron chi connectivity index (χ2n) is 5.13. The monoisotopic (exact) mass is 251 g/mol. The van der Waals surface area contributed by atoms with E-state index in [9.17, 15) is 0 Å². The van der Waals surface area contributed by atoms with Gasteiger partial charge in [0.15, 0.2) is 12.2 Å². The number of aromatic nitrogens is 1. The number of hydrogen-bond donors (Lipinski definition) is 0. The van der Waals surface area contributed by atoms with Crippen LogP contribution in [0.2, 0.25) is 0 Å². The van der Waals surface area contributed by atoms with E-state index in [1.165, 1.54) is 12.0 Å². The summed E-state index contributed by atoms with van der Waals surface area (Å²) >= 11 is 0. The maximum atomic E-state index is 5.59. The lowest BCUT2D eigenvalue weighted by molar-refractivity contribution is 0.545. The average molecular weight is 251 g/mol. The Balaban J connectivity index is 1.99. The molecule has 2 aromatic rings. The van der Waals surface area contributed by atoms with E-state index in [4.69, 9.17) is 4.42 Å². The highest BCUT2D eigenvalue weighted by atomic mass is 16.3. The summed E-state index contributed by atoms with van der Waals surface area (Å²) in [5.74, 6) is 1.47. The quantitative estimate of drug-likeness (QED) is 0.777. The standard InChI is InChI=1S/C17H17NO/c1-12-3-7-14(8-4-12)16-17(19-11-18-16)15-9-5-13(2)6-10-15/h3-5,7-11,13H,6H2,1-2H3. The molecule has 96 valence electrons. The van der Waals surface area contributed by atoms with Gasteiger partial charge in [0.25, 0.3) is 0 Å². The van der Waals surface area contributed by atoms with Crippen LogP contribution in [0.3, 0.4) is 0 Å². The van der Waals surface area contributed by atoms with E-state index in [-0.39, 0.29) is 0 Å². The minimum Gasteiger partial charge on any atom is -0.443 e. The Morgan fingerprint density at radius 1 is 1.21 bits per heavy atom. The molecule has 0 N–H and O–H groups in total. The van der Waals surface area contributed by atoms with Gasteiger partial charge in [0.1, 0.15) is 5.69 Å². The van der Waals surface area contributed by atoms with Crippen molar-refractivity contribution in [2.75, 3.05) is 0 Å². The number of aryl methyl sites for hydroxylation is 1. The molecule has 0 saturated heterocycles. The van der Waals surface area contributed by atoms with Crippen LogP contribution in [0.1, 0.15) is 24.7 Å². The Hall–Kier alpha value is -2.09. The Morgan fingerprint density at radius 3 is 2.68 bits per heavy atom. The van der Waals surface area contributed by atoms with Gasteiger partial charge in [0.05, 0.1) is 0 Å². The van der Waals surface area contributed by atoms with Crippen molar-refractivity contribution in [1.29, 1.82) is 0 Å². The molecular formula is C17H17NO. The summed E-state index contributed by atoms with van der Waals surface area (Å²) in [5, 5.41) is 0. The zero-order valence-corrected chi connectivity index (χ0v) is 11.3. The first-order chi connectivity index (χ1) is 9.24. The summed E-state index contributed by atoms with van der Waals surface area (Å²) in [4.78, 5) is 4.37. The van der Waals surface area contributed by atoms with Crippen LogP contribution in [0.15, 0.2) is 53.3 Å². The Bertz CT molecular complexity index is 632. The summed E-state index contributed by atoms with van der Waals surface area (Å²) in [6.07, 6.45) is 9.16. The number of oxazole rings is 1. The van der Waals surface area contributed by atoms with Crippen LogP contribution >= 0.6 is 0 Å². The zero-order chi connectivity index (χ0) is 13.2. The number of nitrogens with zero attached hydrogens (tertiary/aromatic N) is 1. The number of allylic oxidation sites excluding steroid dienone is 4. The molecule has 1 aromatic heterocycles. The molecule has 0 spiro atoms. The molecule has 1 aromatic carbocycles. The third-order valence-electron chi connectivity index (χ3n) is 3.47. The number of rotatable bonds is 2. The molecule has 2 heteroatoms. The van der Waals surface area contributed by atoms with Crippen molar-refractivity contribution in [3.63, 3.8) is 0 Å². The number of hydrogen-bond acceptors (Lipinski definition) is 2. The largest absolute Gasteiger partial charge is 0.443 e. The zero-order valence-electron chi connectivity index (χ0n) is 11.3. The summed E-state index contributed by atoms with van der Waals surface area (Å²) in [6.45, 7) is 4.30. The van der Waals surface area contributed by atoms with Gasteiger partial charge >= 0.3 is 0 Å². The van der Waals surface area contributed by atoms with Gasteiger partial charge in [-0.3, -0.25) is 0 Å². The van der Waals surface area contributed by atoms with Crippen molar-refractivity contribution in [1.82, 2.24) is 4.98 Å². The maximum absolute atomic E-state index is 5.59. The topological polar surface area (TPSA) is 26.0 Å². The molecule has 1 unspecified atom stereocenters. The van der Waals surface area contributed by atoms with Gasteiger partial charge in [-0.05, 0) is 19.3 Å². The molecule has 1 heterocycles. The van der Waals surface area contributed by atoms with Gasteiger partial charge in [0, 0.05) is 11.1 Å². The molecule has 0 fully saturated rings. The summed E-state index contributed by atoms with van der Waals surface area (Å²) in [6, 6.07) is 8.38. The van der Waals surface area contributed by atoms with Gasteiger partial charge in [-0.25, -0.2) is 4.98 Å². The first-order valence-corrected chi connectivity index (χ1v) is 6.63. The summed E-state index contributed by atoms with van der Waals surface area (Å²) in [7, 11) is 0. The molecule has 2 nitrogen and oxygen atoms in total. The molecule has 1 atom stereocenters. The van der Waals surface area contributed by atoms with E-state index in [0.717, 1.165) is 29.0 Å². The highest BCUT2D eigenvalue weighted by Crippen LogP contribution is 2.31. The van der Waals surface area contributed by atoms with Crippen molar-refractivity contribution < 1.29 is 4.42 Å². The van der Waals surface area contributed by atoms with E-state index >= 15 is 0 Å². The fraction of sp³-hybridized carbons (Fsp3) is 0.235. The lowest BCUT2D eigenvalue weighted by Gasteiger charge is -2.10. The van der Waals surface area contributed by atoms with Crippen LogP contribution in [0.4, 0.5) is 0 Å². The molecule has 3 rings (SSSR count). The molecular weight excluding hydrogens is 234 g/mol. The first kappa shape index (κ1) is 12.0. The van der Waals surface area contributed by atoms with Crippen LogP contribution in [0.25, 0.3) is 16.8 Å². The van der Waals surface area contributed by atoms with Crippen LogP contribution in [-0.2, 0) is 0 Å². The predicted octanol–water partition coefficient (Wildman–Crippen LogP) is 4.63. The summed E-state index contributed by atoms with van der Waals surface area (Å²) < 4.78 is 5.59. The van der Waals surface area contributed by atoms with E-state index in [1.807, 2.05) is 0 Å². The van der Waals surface area contributed by atoms with Crippen molar-refractivity contribution in [3.05, 3.63) is 60.2 Å². The van der Waals surface area contributed by atoms with E-state index in [1.54, 1.807) is 0 Å². The smallest absolute Gasteiger partial charge is 0.182 e. The Kier molecular flexibility index (Phi) is 3.08. The van der Waals surface area contributed by atoms with Crippen LogP contribution < -0.4 is 0 Å². The van der Waals surface area contributed by atoms with Crippen molar-refractivity contribution in [2.45, 2.75) is 20.3 Å². The molecule has 0 aliphatic heterocycles. The predicted molar refractivity (Wildman–Crippen MR) is 77.6 cm³/mol. The highest BCUT2D eigenvalue weighted by molar-refractivity contribution is 5.81. The average Bonchev–Trinajstić information content (AvgIpc) is 2.90. The second kappa shape index (κ2) is 4.88. The lowest BCUT2D eigenvalue weighted by atomic mass is 9.95. The fourth-order valence-corrected chi connectivity index (χ4v) is 2.26. The van der Waals surface area contributed by atoms with Gasteiger partial charge in [-0.2, -0.15) is 0 Å². The highest BCUT2D eigenvalue weighted by Gasteiger charge is 2.15. The molecule has 1 aliphatic rings. The van der Waals surface area contributed by atoms with E-state index in [2.05, 4.69) is 61.3 Å². The van der Waals surface area contributed by atoms with Crippen LogP contribution in [0, 0.1) is 12.8 Å². The molecule has 0 saturated carbocycles. The number of benzene rings is 1. The third-order valence-corrected chi connectivity index (χ3v) is 3.47. The second-order valence-corrected chi connectivity index (χ2v) is 5.13. The van der Waals surface area contributed by atoms with Gasteiger partial charge in [0.2, 0.25) is 0 Å².